The van der Waals surface area contributed by atoms with Crippen molar-refractivity contribution >= 4 is 41.4 Å². The summed E-state index contributed by atoms with van der Waals surface area (Å²) in [7, 11) is 0. The van der Waals surface area contributed by atoms with Crippen LogP contribution in [0, 0.1) is 0 Å². The third kappa shape index (κ3) is 15.8. The van der Waals surface area contributed by atoms with Crippen LogP contribution in [0.25, 0.3) is 0 Å². The highest BCUT2D eigenvalue weighted by atomic mass is 32.2. The summed E-state index contributed by atoms with van der Waals surface area (Å²) in [4.78, 5) is 42.3. The van der Waals surface area contributed by atoms with Crippen LogP contribution in [0.1, 0.15) is 46.0 Å². The summed E-state index contributed by atoms with van der Waals surface area (Å²) >= 11 is 2.76. The maximum atomic E-state index is 14.0. The number of aliphatic hydroxyl groups excluding tert-OH is 1. The first-order chi connectivity index (χ1) is 35.8. The molecule has 1 N–H and O–H groups in total. The second-order valence-electron chi connectivity index (χ2n) is 17.3. The fraction of sp³-hybridized carbons (Fsp3) is 0.328. The molecule has 8 rings (SSSR count). The zero-order valence-corrected chi connectivity index (χ0v) is 42.0. The third-order valence-corrected chi connectivity index (χ3v) is 14.2. The largest absolute Gasteiger partial charge is 0.462 e. The van der Waals surface area contributed by atoms with Crippen LogP contribution in [-0.2, 0) is 78.6 Å². The van der Waals surface area contributed by atoms with E-state index in [9.17, 15) is 19.5 Å². The average Bonchev–Trinajstić information content (AvgIpc) is 3.42. The summed E-state index contributed by atoms with van der Waals surface area (Å²) in [6.07, 6.45) is -9.24. The van der Waals surface area contributed by atoms with Gasteiger partial charge in [0.05, 0.1) is 38.6 Å². The van der Waals surface area contributed by atoms with Crippen LogP contribution in [0.5, 0.6) is 0 Å². The molecule has 13 nitrogen and oxygen atoms in total. The van der Waals surface area contributed by atoms with E-state index in [-0.39, 0.29) is 45.2 Å². The van der Waals surface area contributed by atoms with Crippen LogP contribution in [-0.4, -0.2) is 102 Å². The number of hydrogen-bond acceptors (Lipinski definition) is 15. The number of benzene rings is 6. The lowest BCUT2D eigenvalue weighted by molar-refractivity contribution is -0.253. The molecule has 15 heteroatoms. The predicted molar refractivity (Wildman–Crippen MR) is 276 cm³/mol. The van der Waals surface area contributed by atoms with Gasteiger partial charge >= 0.3 is 17.9 Å². The zero-order valence-electron chi connectivity index (χ0n) is 40.4. The van der Waals surface area contributed by atoms with E-state index >= 15 is 0 Å². The van der Waals surface area contributed by atoms with Crippen LogP contribution >= 0.6 is 23.5 Å². The second-order valence-corrected chi connectivity index (χ2v) is 19.8. The highest BCUT2D eigenvalue weighted by molar-refractivity contribution is 8.00. The molecule has 2 aliphatic rings. The Labute approximate surface area is 434 Å². The van der Waals surface area contributed by atoms with Crippen LogP contribution < -0.4 is 0 Å². The molecule has 0 spiro atoms. The Hall–Kier alpha value is -5.85. The topological polar surface area (TPSA) is 155 Å². The molecule has 0 aliphatic carbocycles. The number of carbonyl (C=O) groups is 3. The van der Waals surface area contributed by atoms with Crippen molar-refractivity contribution in [3.05, 3.63) is 210 Å². The number of carbonyl (C=O) groups excluding carboxylic acids is 3. The van der Waals surface area contributed by atoms with E-state index in [0.29, 0.717) is 5.75 Å². The molecule has 0 aromatic heterocycles. The highest BCUT2D eigenvalue weighted by Gasteiger charge is 2.51. The van der Waals surface area contributed by atoms with Gasteiger partial charge in [0.2, 0.25) is 0 Å². The zero-order chi connectivity index (χ0) is 50.6. The predicted octanol–water partition coefficient (Wildman–Crippen LogP) is 9.39. The number of thioether (sulfide) groups is 2. The monoisotopic (exact) mass is 1030 g/mol. The highest BCUT2D eigenvalue weighted by Crippen LogP contribution is 2.38. The van der Waals surface area contributed by atoms with Gasteiger partial charge < -0.3 is 47.7 Å². The maximum Gasteiger partial charge on any atom is 0.338 e. The Morgan fingerprint density at radius 1 is 0.493 bits per heavy atom. The van der Waals surface area contributed by atoms with E-state index in [0.717, 1.165) is 27.1 Å². The van der Waals surface area contributed by atoms with E-state index in [1.165, 1.54) is 23.5 Å². The van der Waals surface area contributed by atoms with E-state index in [2.05, 4.69) is 0 Å². The lowest BCUT2D eigenvalue weighted by Crippen LogP contribution is -2.60. The minimum absolute atomic E-state index is 0.0994. The fourth-order valence-electron chi connectivity index (χ4n) is 8.37. The van der Waals surface area contributed by atoms with E-state index in [4.69, 9.17) is 42.6 Å². The molecule has 10 atom stereocenters. The van der Waals surface area contributed by atoms with Crippen molar-refractivity contribution < 1.29 is 62.1 Å². The Balaban J connectivity index is 1.01. The molecule has 2 saturated heterocycles. The van der Waals surface area contributed by atoms with Crippen LogP contribution in [0.15, 0.2) is 187 Å². The van der Waals surface area contributed by atoms with Gasteiger partial charge in [-0.2, -0.15) is 0 Å². The molecule has 6 aromatic rings. The van der Waals surface area contributed by atoms with Gasteiger partial charge in [-0.05, 0) is 52.3 Å². The smallest absolute Gasteiger partial charge is 0.338 e. The first-order valence-electron chi connectivity index (χ1n) is 24.3. The van der Waals surface area contributed by atoms with Gasteiger partial charge in [-0.15, -0.1) is 11.8 Å². The lowest BCUT2D eigenvalue weighted by Gasteiger charge is -2.45. The first-order valence-corrected chi connectivity index (χ1v) is 26.3. The molecular weight excluding hydrogens is 969 g/mol. The third-order valence-electron chi connectivity index (χ3n) is 12.0. The van der Waals surface area contributed by atoms with Crippen LogP contribution in [0.3, 0.4) is 0 Å². The Morgan fingerprint density at radius 3 is 1.52 bits per heavy atom. The number of esters is 3. The number of ether oxygens (including phenoxy) is 9. The standard InChI is InChI=1S/C58H60O13S2/c1-2-72-57-54(67-37-43-27-15-6-16-28-43)53(66-36-42-25-13-5-14-26-42)51(65-35-41-23-11-4-12-24-41)47(69-57)39-64-48(59)33-49(60)70-52-50(61)46(38-63-34-40-21-9-3-10-22-40)68-58(73-45-31-19-8-20-32-45)55(52)71-56(62)44-29-17-7-18-30-44/h3-32,46-47,50-55,57-58,61H,2,33-39H2,1H3/t46-,47-,50-,51-,52+,53+,54+,55-,57-,58+/m1/s1. The van der Waals surface area contributed by atoms with Crippen molar-refractivity contribution in [3.63, 3.8) is 0 Å². The summed E-state index contributed by atoms with van der Waals surface area (Å²) < 4.78 is 57.3. The maximum absolute atomic E-state index is 14.0. The Kier molecular flexibility index (Phi) is 20.5. The van der Waals surface area contributed by atoms with Crippen LogP contribution in [0.2, 0.25) is 0 Å². The van der Waals surface area contributed by atoms with Gasteiger partial charge in [0.15, 0.2) is 12.2 Å². The molecule has 2 aliphatic heterocycles. The molecule has 0 bridgehead atoms. The van der Waals surface area contributed by atoms with Crippen molar-refractivity contribution in [3.8, 4) is 0 Å². The minimum atomic E-state index is -1.55. The first kappa shape index (κ1) is 53.4. The summed E-state index contributed by atoms with van der Waals surface area (Å²) in [5, 5.41) is 12.0. The molecule has 73 heavy (non-hydrogen) atoms. The van der Waals surface area contributed by atoms with E-state index in [1.807, 2.05) is 159 Å². The molecule has 6 aromatic carbocycles. The van der Waals surface area contributed by atoms with Crippen molar-refractivity contribution in [2.45, 2.75) is 104 Å². The van der Waals surface area contributed by atoms with E-state index < -0.39 is 84.0 Å². The molecule has 0 amide bonds. The van der Waals surface area contributed by atoms with Gasteiger partial charge in [0.25, 0.3) is 0 Å². The van der Waals surface area contributed by atoms with Crippen molar-refractivity contribution in [2.75, 3.05) is 19.0 Å². The molecule has 382 valence electrons. The summed E-state index contributed by atoms with van der Waals surface area (Å²) in [5.41, 5.74) is 2.42. The second kappa shape index (κ2) is 28.0. The van der Waals surface area contributed by atoms with Crippen LogP contribution in [0.4, 0.5) is 0 Å². The van der Waals surface area contributed by atoms with Gasteiger partial charge in [-0.25, -0.2) is 4.79 Å². The molecule has 2 fully saturated rings. The fourth-order valence-corrected chi connectivity index (χ4v) is 10.5. The quantitative estimate of drug-likeness (QED) is 0.0348. The van der Waals surface area contributed by atoms with Gasteiger partial charge in [0.1, 0.15) is 60.5 Å². The summed E-state index contributed by atoms with van der Waals surface area (Å²) in [5.74, 6) is -1.99. The Morgan fingerprint density at radius 2 is 0.973 bits per heavy atom. The molecular formula is C58H60O13S2. The minimum Gasteiger partial charge on any atom is -0.462 e. The SMILES string of the molecule is CCS[C@H]1O[C@H](COC(=O)CC(=O)O[C@H]2[C@H](O)[C@@H](COCc3ccccc3)O[C@@H](Sc3ccccc3)[C@@H]2OC(=O)c2ccccc2)[C@@H](OCc2ccccc2)[C@H](OCc2ccccc2)[C@@H]1OCc1ccccc1. The van der Waals surface area contributed by atoms with Crippen molar-refractivity contribution in [1.29, 1.82) is 0 Å². The Bertz CT molecular complexity index is 2570. The summed E-state index contributed by atoms with van der Waals surface area (Å²) in [6, 6.07) is 56.4. The molecule has 2 heterocycles. The number of hydrogen-bond donors (Lipinski definition) is 1. The number of aliphatic hydroxyl groups is 1. The van der Waals surface area contributed by atoms with Gasteiger partial charge in [0, 0.05) is 4.90 Å². The van der Waals surface area contributed by atoms with E-state index in [1.54, 1.807) is 30.3 Å². The van der Waals surface area contributed by atoms with Gasteiger partial charge in [-0.1, -0.05) is 176 Å². The molecule has 0 unspecified atom stereocenters. The van der Waals surface area contributed by atoms with Crippen molar-refractivity contribution in [2.24, 2.45) is 0 Å². The molecule has 0 saturated carbocycles. The van der Waals surface area contributed by atoms with Crippen molar-refractivity contribution in [1.82, 2.24) is 0 Å². The van der Waals surface area contributed by atoms with Gasteiger partial charge in [-0.3, -0.25) is 9.59 Å². The number of rotatable bonds is 24. The normalized spacial score (nSPS) is 23.8. The summed E-state index contributed by atoms with van der Waals surface area (Å²) in [6.45, 7) is 2.55. The average molecular weight is 1030 g/mol. The molecule has 0 radical (unpaired) electrons. The lowest BCUT2D eigenvalue weighted by atomic mass is 9.98.